The molecule has 2 heteroatoms. The number of hydrogen-bond donors (Lipinski definition) is 1. The van der Waals surface area contributed by atoms with Gasteiger partial charge >= 0.3 is 0 Å². The second kappa shape index (κ2) is 5.92. The highest BCUT2D eigenvalue weighted by molar-refractivity contribution is 4.89. The van der Waals surface area contributed by atoms with Crippen molar-refractivity contribution in [2.24, 2.45) is 17.6 Å². The second-order valence-electron chi connectivity index (χ2n) is 6.93. The van der Waals surface area contributed by atoms with Gasteiger partial charge in [-0.25, -0.2) is 0 Å². The van der Waals surface area contributed by atoms with Gasteiger partial charge in [-0.15, -0.1) is 0 Å². The molecule has 0 amide bonds. The van der Waals surface area contributed by atoms with E-state index in [9.17, 15) is 0 Å². The summed E-state index contributed by atoms with van der Waals surface area (Å²) in [4.78, 5) is 2.82. The van der Waals surface area contributed by atoms with E-state index in [-0.39, 0.29) is 0 Å². The van der Waals surface area contributed by atoms with E-state index in [0.717, 1.165) is 17.9 Å². The maximum atomic E-state index is 6.20. The molecule has 0 aromatic heterocycles. The quantitative estimate of drug-likeness (QED) is 0.830. The first-order valence-electron chi connectivity index (χ1n) is 8.34. The first-order valence-corrected chi connectivity index (χ1v) is 8.34. The van der Waals surface area contributed by atoms with Crippen LogP contribution >= 0.6 is 0 Å². The fourth-order valence-corrected chi connectivity index (χ4v) is 4.76. The monoisotopic (exact) mass is 250 g/mol. The molecule has 2 saturated carbocycles. The molecule has 3 fully saturated rings. The first kappa shape index (κ1) is 12.9. The van der Waals surface area contributed by atoms with Gasteiger partial charge in [0, 0.05) is 12.1 Å². The largest absolute Gasteiger partial charge is 0.327 e. The van der Waals surface area contributed by atoms with Crippen LogP contribution < -0.4 is 5.73 Å². The van der Waals surface area contributed by atoms with Crippen molar-refractivity contribution < 1.29 is 0 Å². The summed E-state index contributed by atoms with van der Waals surface area (Å²) in [6.45, 7) is 2.70. The molecule has 0 aromatic rings. The van der Waals surface area contributed by atoms with Gasteiger partial charge in [0.1, 0.15) is 0 Å². The van der Waals surface area contributed by atoms with Crippen molar-refractivity contribution >= 4 is 0 Å². The Hall–Kier alpha value is -0.0800. The smallest absolute Gasteiger partial charge is 0.0124 e. The molecule has 3 unspecified atom stereocenters. The van der Waals surface area contributed by atoms with Gasteiger partial charge in [0.25, 0.3) is 0 Å². The minimum atomic E-state index is 0.512. The Kier molecular flexibility index (Phi) is 4.25. The SMILES string of the molecule is NC1CCCC1CCN1CCCC1C1CCCC1. The predicted octanol–water partition coefficient (Wildman–Crippen LogP) is 3.16. The highest BCUT2D eigenvalue weighted by Gasteiger charge is 2.33. The summed E-state index contributed by atoms with van der Waals surface area (Å²) in [6, 6.07) is 1.45. The van der Waals surface area contributed by atoms with E-state index in [4.69, 9.17) is 5.73 Å². The Morgan fingerprint density at radius 3 is 2.44 bits per heavy atom. The van der Waals surface area contributed by atoms with Crippen LogP contribution in [0.3, 0.4) is 0 Å². The third kappa shape index (κ3) is 2.75. The first-order chi connectivity index (χ1) is 8.84. The minimum absolute atomic E-state index is 0.512. The van der Waals surface area contributed by atoms with E-state index in [0.29, 0.717) is 6.04 Å². The molecule has 3 atom stereocenters. The standard InChI is InChI=1S/C16H30N2/c17-15-8-3-7-13(15)10-12-18-11-4-9-16(18)14-5-1-2-6-14/h13-16H,1-12,17H2. The molecule has 1 heterocycles. The predicted molar refractivity (Wildman–Crippen MR) is 76.5 cm³/mol. The normalized spacial score (nSPS) is 38.8. The molecule has 0 radical (unpaired) electrons. The van der Waals surface area contributed by atoms with Crippen molar-refractivity contribution in [2.75, 3.05) is 13.1 Å². The van der Waals surface area contributed by atoms with Crippen molar-refractivity contribution in [3.63, 3.8) is 0 Å². The van der Waals surface area contributed by atoms with Crippen LogP contribution in [0.5, 0.6) is 0 Å². The molecule has 0 spiro atoms. The lowest BCUT2D eigenvalue weighted by molar-refractivity contribution is 0.177. The van der Waals surface area contributed by atoms with Gasteiger partial charge < -0.3 is 10.6 Å². The Labute approximate surface area is 112 Å². The van der Waals surface area contributed by atoms with E-state index in [1.165, 1.54) is 77.3 Å². The van der Waals surface area contributed by atoms with Crippen molar-refractivity contribution in [2.45, 2.75) is 76.3 Å². The zero-order chi connectivity index (χ0) is 12.4. The number of likely N-dealkylation sites (tertiary alicyclic amines) is 1. The van der Waals surface area contributed by atoms with Crippen LogP contribution in [0.2, 0.25) is 0 Å². The summed E-state index contributed by atoms with van der Waals surface area (Å²) >= 11 is 0. The molecule has 2 aliphatic carbocycles. The second-order valence-corrected chi connectivity index (χ2v) is 6.93. The van der Waals surface area contributed by atoms with Crippen LogP contribution in [-0.2, 0) is 0 Å². The number of hydrogen-bond acceptors (Lipinski definition) is 2. The Bertz CT molecular complexity index is 260. The average molecular weight is 250 g/mol. The van der Waals surface area contributed by atoms with Crippen molar-refractivity contribution in [1.29, 1.82) is 0 Å². The third-order valence-corrected chi connectivity index (χ3v) is 5.86. The zero-order valence-electron chi connectivity index (χ0n) is 11.8. The lowest BCUT2D eigenvalue weighted by Crippen LogP contribution is -2.37. The van der Waals surface area contributed by atoms with Crippen LogP contribution in [0.1, 0.15) is 64.2 Å². The van der Waals surface area contributed by atoms with Crippen LogP contribution in [-0.4, -0.2) is 30.1 Å². The summed E-state index contributed by atoms with van der Waals surface area (Å²) in [6.07, 6.45) is 14.3. The minimum Gasteiger partial charge on any atom is -0.327 e. The summed E-state index contributed by atoms with van der Waals surface area (Å²) in [5.74, 6) is 1.86. The number of nitrogens with two attached hydrogens (primary N) is 1. The molecule has 0 bridgehead atoms. The molecular formula is C16H30N2. The molecule has 1 aliphatic heterocycles. The van der Waals surface area contributed by atoms with Gasteiger partial charge in [0.15, 0.2) is 0 Å². The van der Waals surface area contributed by atoms with E-state index >= 15 is 0 Å². The topological polar surface area (TPSA) is 29.3 Å². The highest BCUT2D eigenvalue weighted by atomic mass is 15.2. The van der Waals surface area contributed by atoms with Gasteiger partial charge in [-0.05, 0) is 69.9 Å². The van der Waals surface area contributed by atoms with Crippen molar-refractivity contribution in [1.82, 2.24) is 4.90 Å². The van der Waals surface area contributed by atoms with Crippen molar-refractivity contribution in [3.05, 3.63) is 0 Å². The molecule has 3 aliphatic rings. The third-order valence-electron chi connectivity index (χ3n) is 5.86. The number of nitrogens with zero attached hydrogens (tertiary/aromatic N) is 1. The molecule has 3 rings (SSSR count). The molecule has 0 aromatic carbocycles. The zero-order valence-corrected chi connectivity index (χ0v) is 11.8. The lowest BCUT2D eigenvalue weighted by Gasteiger charge is -2.30. The van der Waals surface area contributed by atoms with E-state index in [2.05, 4.69) is 4.90 Å². The summed E-state index contributed by atoms with van der Waals surface area (Å²) in [5.41, 5.74) is 6.20. The summed E-state index contributed by atoms with van der Waals surface area (Å²) < 4.78 is 0. The van der Waals surface area contributed by atoms with E-state index in [1.807, 2.05) is 0 Å². The van der Waals surface area contributed by atoms with Gasteiger partial charge in [0.05, 0.1) is 0 Å². The van der Waals surface area contributed by atoms with Crippen LogP contribution in [0.4, 0.5) is 0 Å². The molecule has 18 heavy (non-hydrogen) atoms. The molecule has 1 saturated heterocycles. The van der Waals surface area contributed by atoms with Gasteiger partial charge in [0.2, 0.25) is 0 Å². The number of rotatable bonds is 4. The maximum absolute atomic E-state index is 6.20. The maximum Gasteiger partial charge on any atom is 0.0124 e. The fraction of sp³-hybridized carbons (Fsp3) is 1.00. The molecule has 104 valence electrons. The molecular weight excluding hydrogens is 220 g/mol. The summed E-state index contributed by atoms with van der Waals surface area (Å²) in [5, 5.41) is 0. The fourth-order valence-electron chi connectivity index (χ4n) is 4.76. The Morgan fingerprint density at radius 1 is 0.889 bits per heavy atom. The lowest BCUT2D eigenvalue weighted by atomic mass is 9.95. The average Bonchev–Trinajstić information content (AvgIpc) is 3.07. The van der Waals surface area contributed by atoms with Crippen LogP contribution in [0.25, 0.3) is 0 Å². The van der Waals surface area contributed by atoms with Gasteiger partial charge in [-0.3, -0.25) is 0 Å². The van der Waals surface area contributed by atoms with E-state index in [1.54, 1.807) is 0 Å². The molecule has 2 N–H and O–H groups in total. The Balaban J connectivity index is 1.48. The van der Waals surface area contributed by atoms with Crippen molar-refractivity contribution in [3.8, 4) is 0 Å². The highest BCUT2D eigenvalue weighted by Crippen LogP contribution is 2.36. The van der Waals surface area contributed by atoms with E-state index < -0.39 is 0 Å². The molecule has 2 nitrogen and oxygen atoms in total. The Morgan fingerprint density at radius 2 is 1.72 bits per heavy atom. The van der Waals surface area contributed by atoms with Gasteiger partial charge in [-0.2, -0.15) is 0 Å². The summed E-state index contributed by atoms with van der Waals surface area (Å²) in [7, 11) is 0. The van der Waals surface area contributed by atoms with Crippen LogP contribution in [0, 0.1) is 11.8 Å². The van der Waals surface area contributed by atoms with Gasteiger partial charge in [-0.1, -0.05) is 19.3 Å². The van der Waals surface area contributed by atoms with Crippen LogP contribution in [0.15, 0.2) is 0 Å².